The average molecular weight is 400 g/mol. The van der Waals surface area contributed by atoms with Gasteiger partial charge in [0.15, 0.2) is 0 Å². The molecule has 4 rings (SSSR count). The fourth-order valence-corrected chi connectivity index (χ4v) is 4.59. The van der Waals surface area contributed by atoms with Gasteiger partial charge in [-0.3, -0.25) is 19.5 Å². The van der Waals surface area contributed by atoms with Gasteiger partial charge in [-0.15, -0.1) is 0 Å². The molecule has 4 heterocycles. The summed E-state index contributed by atoms with van der Waals surface area (Å²) in [5, 5.41) is 2.98. The largest absolute Gasteiger partial charge is 0.335 e. The summed E-state index contributed by atoms with van der Waals surface area (Å²) in [6.45, 7) is 7.43. The minimum absolute atomic E-state index is 0.131. The van der Waals surface area contributed by atoms with E-state index in [2.05, 4.69) is 27.1 Å². The van der Waals surface area contributed by atoms with Crippen molar-refractivity contribution >= 4 is 17.8 Å². The van der Waals surface area contributed by atoms with Crippen LogP contribution in [0.25, 0.3) is 0 Å². The number of hydrogen-bond acceptors (Lipinski definition) is 6. The quantitative estimate of drug-likeness (QED) is 0.751. The molecule has 0 aromatic carbocycles. The first-order valence-corrected chi connectivity index (χ1v) is 10.4. The topological polar surface area (TPSA) is 98.7 Å². The molecule has 0 radical (unpaired) electrons. The van der Waals surface area contributed by atoms with Crippen LogP contribution < -0.4 is 5.32 Å². The number of carbonyl (C=O) groups is 3. The zero-order valence-corrected chi connectivity index (χ0v) is 17.1. The van der Waals surface area contributed by atoms with Crippen molar-refractivity contribution in [3.05, 3.63) is 23.8 Å². The lowest BCUT2D eigenvalue weighted by Gasteiger charge is -2.37. The maximum atomic E-state index is 13.2. The van der Waals surface area contributed by atoms with Gasteiger partial charge in [-0.1, -0.05) is 6.92 Å². The van der Waals surface area contributed by atoms with E-state index in [0.29, 0.717) is 32.4 Å². The van der Waals surface area contributed by atoms with Crippen LogP contribution in [0.5, 0.6) is 0 Å². The van der Waals surface area contributed by atoms with Gasteiger partial charge in [-0.2, -0.15) is 0 Å². The van der Waals surface area contributed by atoms with Crippen LogP contribution in [-0.2, 0) is 4.79 Å². The van der Waals surface area contributed by atoms with E-state index in [-0.39, 0.29) is 29.6 Å². The van der Waals surface area contributed by atoms with Crippen molar-refractivity contribution in [3.63, 3.8) is 0 Å². The standard InChI is InChI=1S/C20H28N6O3/c1-3-7-24-9-5-20(6-10-24)18(28)26(19(29)23-20)15-4-8-25(13-15)17(27)16-12-21-14(2)11-22-16/h11-12,15H,3-10,13H2,1-2H3,(H,23,29)/t15-/m0/s1. The number of imide groups is 1. The number of likely N-dealkylation sites (tertiary alicyclic amines) is 2. The van der Waals surface area contributed by atoms with Crippen molar-refractivity contribution in [1.29, 1.82) is 0 Å². The molecule has 3 aliphatic rings. The van der Waals surface area contributed by atoms with Gasteiger partial charge in [0.1, 0.15) is 11.2 Å². The molecular weight excluding hydrogens is 372 g/mol. The number of nitrogens with zero attached hydrogens (tertiary/aromatic N) is 5. The van der Waals surface area contributed by atoms with E-state index in [1.54, 1.807) is 11.1 Å². The summed E-state index contributed by atoms with van der Waals surface area (Å²) in [6.07, 6.45) is 5.98. The molecule has 3 saturated heterocycles. The predicted molar refractivity (Wildman–Crippen MR) is 105 cm³/mol. The van der Waals surface area contributed by atoms with Crippen molar-refractivity contribution in [3.8, 4) is 0 Å². The number of carbonyl (C=O) groups excluding carboxylic acids is 3. The summed E-state index contributed by atoms with van der Waals surface area (Å²) in [6, 6.07) is -0.619. The van der Waals surface area contributed by atoms with Crippen molar-refractivity contribution in [1.82, 2.24) is 30.0 Å². The lowest BCUT2D eigenvalue weighted by atomic mass is 9.87. The van der Waals surface area contributed by atoms with E-state index in [1.807, 2.05) is 6.92 Å². The van der Waals surface area contributed by atoms with Crippen LogP contribution in [0.3, 0.4) is 0 Å². The Kier molecular flexibility index (Phi) is 5.24. The molecule has 0 bridgehead atoms. The van der Waals surface area contributed by atoms with Gasteiger partial charge in [-0.05, 0) is 39.2 Å². The number of piperidine rings is 1. The highest BCUT2D eigenvalue weighted by atomic mass is 16.2. The number of nitrogens with one attached hydrogen (secondary N) is 1. The maximum Gasteiger partial charge on any atom is 0.325 e. The summed E-state index contributed by atoms with van der Waals surface area (Å²) < 4.78 is 0. The number of rotatable bonds is 4. The van der Waals surface area contributed by atoms with Gasteiger partial charge in [0.05, 0.1) is 17.9 Å². The average Bonchev–Trinajstić information content (AvgIpc) is 3.27. The molecule has 9 heteroatoms. The molecule has 1 aromatic heterocycles. The number of hydrogen-bond donors (Lipinski definition) is 1. The van der Waals surface area contributed by atoms with E-state index >= 15 is 0 Å². The summed E-state index contributed by atoms with van der Waals surface area (Å²) in [5.74, 6) is -0.345. The Morgan fingerprint density at radius 2 is 1.97 bits per heavy atom. The Hall–Kier alpha value is -2.55. The summed E-state index contributed by atoms with van der Waals surface area (Å²) >= 11 is 0. The monoisotopic (exact) mass is 400 g/mol. The van der Waals surface area contributed by atoms with Crippen LogP contribution in [0, 0.1) is 6.92 Å². The molecule has 156 valence electrons. The second kappa shape index (κ2) is 7.70. The minimum atomic E-state index is -0.777. The third-order valence-corrected chi connectivity index (χ3v) is 6.26. The third kappa shape index (κ3) is 3.59. The molecule has 0 unspecified atom stereocenters. The molecule has 29 heavy (non-hydrogen) atoms. The second-order valence-electron chi connectivity index (χ2n) is 8.27. The Morgan fingerprint density at radius 3 is 2.62 bits per heavy atom. The highest BCUT2D eigenvalue weighted by Gasteiger charge is 2.54. The van der Waals surface area contributed by atoms with Crippen LogP contribution >= 0.6 is 0 Å². The van der Waals surface area contributed by atoms with Gasteiger partial charge >= 0.3 is 6.03 Å². The molecule has 1 aromatic rings. The summed E-state index contributed by atoms with van der Waals surface area (Å²) in [7, 11) is 0. The van der Waals surface area contributed by atoms with E-state index in [9.17, 15) is 14.4 Å². The third-order valence-electron chi connectivity index (χ3n) is 6.26. The number of aromatic nitrogens is 2. The van der Waals surface area contributed by atoms with Gasteiger partial charge in [-0.25, -0.2) is 9.78 Å². The Morgan fingerprint density at radius 1 is 1.21 bits per heavy atom. The van der Waals surface area contributed by atoms with E-state index in [4.69, 9.17) is 0 Å². The molecular formula is C20H28N6O3. The van der Waals surface area contributed by atoms with Gasteiger partial charge in [0, 0.05) is 32.4 Å². The lowest BCUT2D eigenvalue weighted by molar-refractivity contribution is -0.134. The molecule has 4 amide bonds. The van der Waals surface area contributed by atoms with Crippen LogP contribution in [0.4, 0.5) is 4.79 Å². The smallest absolute Gasteiger partial charge is 0.325 e. The highest BCUT2D eigenvalue weighted by molar-refractivity contribution is 6.07. The zero-order chi connectivity index (χ0) is 20.6. The SMILES string of the molecule is CCCN1CCC2(CC1)NC(=O)N([C@H]1CCN(C(=O)c3cnc(C)cn3)C1)C2=O. The van der Waals surface area contributed by atoms with E-state index in [0.717, 1.165) is 31.7 Å². The van der Waals surface area contributed by atoms with Crippen molar-refractivity contribution in [2.24, 2.45) is 0 Å². The number of aryl methyl sites for hydroxylation is 1. The second-order valence-corrected chi connectivity index (χ2v) is 8.27. The summed E-state index contributed by atoms with van der Waals surface area (Å²) in [5.41, 5.74) is 0.255. The fraction of sp³-hybridized carbons (Fsp3) is 0.650. The van der Waals surface area contributed by atoms with Crippen LogP contribution in [0.1, 0.15) is 48.8 Å². The van der Waals surface area contributed by atoms with E-state index < -0.39 is 5.54 Å². The number of urea groups is 1. The fourth-order valence-electron chi connectivity index (χ4n) is 4.59. The Balaban J connectivity index is 1.42. The minimum Gasteiger partial charge on any atom is -0.335 e. The first-order valence-electron chi connectivity index (χ1n) is 10.4. The highest BCUT2D eigenvalue weighted by Crippen LogP contribution is 2.32. The molecule has 3 aliphatic heterocycles. The van der Waals surface area contributed by atoms with Gasteiger partial charge in [0.25, 0.3) is 11.8 Å². The Labute approximate surface area is 170 Å². The van der Waals surface area contributed by atoms with Crippen LogP contribution in [-0.4, -0.2) is 86.8 Å². The maximum absolute atomic E-state index is 13.2. The van der Waals surface area contributed by atoms with E-state index in [1.165, 1.54) is 11.1 Å². The predicted octanol–water partition coefficient (Wildman–Crippen LogP) is 0.796. The molecule has 1 spiro atoms. The molecule has 1 atom stereocenters. The van der Waals surface area contributed by atoms with Gasteiger partial charge in [0.2, 0.25) is 0 Å². The number of amides is 4. The molecule has 0 saturated carbocycles. The molecule has 1 N–H and O–H groups in total. The van der Waals surface area contributed by atoms with Gasteiger partial charge < -0.3 is 15.1 Å². The molecule has 3 fully saturated rings. The zero-order valence-electron chi connectivity index (χ0n) is 17.1. The van der Waals surface area contributed by atoms with Crippen LogP contribution in [0.2, 0.25) is 0 Å². The van der Waals surface area contributed by atoms with Crippen molar-refractivity contribution in [2.75, 3.05) is 32.7 Å². The normalized spacial score (nSPS) is 24.4. The first-order chi connectivity index (χ1) is 13.9. The first kappa shape index (κ1) is 19.8. The van der Waals surface area contributed by atoms with Crippen molar-refractivity contribution < 1.29 is 14.4 Å². The molecule has 9 nitrogen and oxygen atoms in total. The van der Waals surface area contributed by atoms with Crippen molar-refractivity contribution in [2.45, 2.75) is 51.1 Å². The van der Waals surface area contributed by atoms with Crippen LogP contribution in [0.15, 0.2) is 12.4 Å². The lowest BCUT2D eigenvalue weighted by Crippen LogP contribution is -2.55. The molecule has 0 aliphatic carbocycles. The summed E-state index contributed by atoms with van der Waals surface area (Å²) in [4.78, 5) is 52.2. The Bertz CT molecular complexity index is 803.